The maximum absolute atomic E-state index is 12.5. The van der Waals surface area contributed by atoms with E-state index >= 15 is 0 Å². The Morgan fingerprint density at radius 3 is 0.963 bits per heavy atom. The topological polar surface area (TPSA) is 52.6 Å². The Morgan fingerprint density at radius 2 is 0.648 bits per heavy atom. The molecule has 0 radical (unpaired) electrons. The average Bonchev–Trinajstić information content (AvgIpc) is 3.17. The SMILES string of the molecule is CCCCCCCCCCCCCCCc1cccc(OC(=O)CCCCCCC(=O)Oc2cccc(CCCCCCCCCCCCCCC)c2)c1. The Labute approximate surface area is 333 Å². The largest absolute Gasteiger partial charge is 0.427 e. The molecule has 4 nitrogen and oxygen atoms in total. The second-order valence-corrected chi connectivity index (χ2v) is 16.1. The minimum Gasteiger partial charge on any atom is -0.427 e. The number of carbonyl (C=O) groups is 2. The summed E-state index contributed by atoms with van der Waals surface area (Å²) >= 11 is 0. The van der Waals surface area contributed by atoms with Crippen molar-refractivity contribution in [3.8, 4) is 11.5 Å². The lowest BCUT2D eigenvalue weighted by Crippen LogP contribution is -2.08. The third-order valence-corrected chi connectivity index (χ3v) is 10.9. The molecule has 0 aromatic heterocycles. The summed E-state index contributed by atoms with van der Waals surface area (Å²) in [6.45, 7) is 4.56. The van der Waals surface area contributed by atoms with Gasteiger partial charge in [0.1, 0.15) is 11.5 Å². The Morgan fingerprint density at radius 1 is 0.370 bits per heavy atom. The van der Waals surface area contributed by atoms with Crippen LogP contribution in [0.3, 0.4) is 0 Å². The molecule has 306 valence electrons. The van der Waals surface area contributed by atoms with Gasteiger partial charge in [-0.1, -0.05) is 205 Å². The summed E-state index contributed by atoms with van der Waals surface area (Å²) in [5.74, 6) is 0.962. The van der Waals surface area contributed by atoms with Crippen LogP contribution < -0.4 is 9.47 Å². The van der Waals surface area contributed by atoms with Gasteiger partial charge in [-0.15, -0.1) is 0 Å². The fraction of sp³-hybridized carbons (Fsp3) is 0.720. The molecule has 0 amide bonds. The van der Waals surface area contributed by atoms with Gasteiger partial charge < -0.3 is 9.47 Å². The minimum atomic E-state index is -0.175. The van der Waals surface area contributed by atoms with Gasteiger partial charge in [-0.25, -0.2) is 0 Å². The highest BCUT2D eigenvalue weighted by molar-refractivity contribution is 5.72. The first-order chi connectivity index (χ1) is 26.6. The molecule has 0 aliphatic heterocycles. The average molecular weight is 747 g/mol. The lowest BCUT2D eigenvalue weighted by Gasteiger charge is -2.08. The first-order valence-electron chi connectivity index (χ1n) is 23.2. The highest BCUT2D eigenvalue weighted by atomic mass is 16.5. The highest BCUT2D eigenvalue weighted by Crippen LogP contribution is 2.20. The van der Waals surface area contributed by atoms with Crippen LogP contribution in [0.2, 0.25) is 0 Å². The zero-order chi connectivity index (χ0) is 38.6. The van der Waals surface area contributed by atoms with Gasteiger partial charge in [0.15, 0.2) is 0 Å². The number of hydrogen-bond donors (Lipinski definition) is 0. The normalized spacial score (nSPS) is 11.2. The molecule has 0 saturated heterocycles. The third kappa shape index (κ3) is 27.9. The number of aryl methyl sites for hydroxylation is 2. The van der Waals surface area contributed by atoms with Crippen molar-refractivity contribution in [3.63, 3.8) is 0 Å². The van der Waals surface area contributed by atoms with Crippen molar-refractivity contribution in [3.05, 3.63) is 59.7 Å². The number of carbonyl (C=O) groups excluding carboxylic acids is 2. The molecule has 2 rings (SSSR count). The summed E-state index contributed by atoms with van der Waals surface area (Å²) in [6, 6.07) is 16.1. The fourth-order valence-electron chi connectivity index (χ4n) is 7.48. The third-order valence-electron chi connectivity index (χ3n) is 10.9. The molecular formula is C50H82O4. The van der Waals surface area contributed by atoms with E-state index in [0.29, 0.717) is 24.3 Å². The van der Waals surface area contributed by atoms with Gasteiger partial charge in [0.2, 0.25) is 0 Å². The fourth-order valence-corrected chi connectivity index (χ4v) is 7.48. The number of esters is 2. The molecule has 0 heterocycles. The molecule has 2 aromatic carbocycles. The molecule has 0 aliphatic rings. The molecule has 54 heavy (non-hydrogen) atoms. The van der Waals surface area contributed by atoms with E-state index in [1.165, 1.54) is 178 Å². The zero-order valence-corrected chi connectivity index (χ0v) is 35.3. The lowest BCUT2D eigenvalue weighted by atomic mass is 10.0. The second-order valence-electron chi connectivity index (χ2n) is 16.1. The predicted molar refractivity (Wildman–Crippen MR) is 231 cm³/mol. The Kier molecular flexibility index (Phi) is 30.7. The first-order valence-corrected chi connectivity index (χ1v) is 23.2. The Balaban J connectivity index is 1.44. The molecule has 0 spiro atoms. The number of unbranched alkanes of at least 4 members (excludes halogenated alkanes) is 27. The van der Waals surface area contributed by atoms with Crippen LogP contribution in [0.15, 0.2) is 48.5 Å². The van der Waals surface area contributed by atoms with Crippen molar-refractivity contribution in [2.75, 3.05) is 0 Å². The molecule has 4 heteroatoms. The molecule has 0 N–H and O–H groups in total. The maximum atomic E-state index is 12.5. The molecule has 0 unspecified atom stereocenters. The molecule has 0 bridgehead atoms. The maximum Gasteiger partial charge on any atom is 0.311 e. The van der Waals surface area contributed by atoms with Crippen molar-refractivity contribution in [2.24, 2.45) is 0 Å². The molecule has 2 aromatic rings. The van der Waals surface area contributed by atoms with E-state index in [1.54, 1.807) is 0 Å². The smallest absolute Gasteiger partial charge is 0.311 e. The number of hydrogen-bond acceptors (Lipinski definition) is 4. The highest BCUT2D eigenvalue weighted by Gasteiger charge is 2.08. The van der Waals surface area contributed by atoms with E-state index in [2.05, 4.69) is 26.0 Å². The van der Waals surface area contributed by atoms with Crippen molar-refractivity contribution < 1.29 is 19.1 Å². The first kappa shape index (κ1) is 47.5. The van der Waals surface area contributed by atoms with Gasteiger partial charge in [0.05, 0.1) is 0 Å². The lowest BCUT2D eigenvalue weighted by molar-refractivity contribution is -0.135. The van der Waals surface area contributed by atoms with Crippen molar-refractivity contribution >= 4 is 11.9 Å². The van der Waals surface area contributed by atoms with E-state index in [9.17, 15) is 9.59 Å². The van der Waals surface area contributed by atoms with E-state index in [1.807, 2.05) is 36.4 Å². The van der Waals surface area contributed by atoms with Gasteiger partial charge in [-0.2, -0.15) is 0 Å². The number of benzene rings is 2. The van der Waals surface area contributed by atoms with E-state index in [-0.39, 0.29) is 11.9 Å². The second kappa shape index (κ2) is 34.8. The number of ether oxygens (including phenoxy) is 2. The Bertz CT molecular complexity index is 1080. The van der Waals surface area contributed by atoms with Gasteiger partial charge in [0.25, 0.3) is 0 Å². The van der Waals surface area contributed by atoms with Crippen LogP contribution in [0.5, 0.6) is 11.5 Å². The summed E-state index contributed by atoms with van der Waals surface area (Å²) < 4.78 is 11.3. The van der Waals surface area contributed by atoms with Crippen LogP contribution in [0.4, 0.5) is 0 Å². The predicted octanol–water partition coefficient (Wildman–Crippen LogP) is 15.8. The zero-order valence-electron chi connectivity index (χ0n) is 35.3. The molecular weight excluding hydrogens is 665 g/mol. The van der Waals surface area contributed by atoms with E-state index < -0.39 is 0 Å². The molecule has 0 fully saturated rings. The standard InChI is InChI=1S/C50H82O4/c1-3-5-7-9-11-13-15-17-19-21-23-25-29-35-45-37-33-39-47(43-45)53-49(51)41-31-27-28-32-42-50(52)54-48-40-34-38-46(44-48)36-30-26-24-22-20-18-16-14-12-10-8-6-4-2/h33-34,37-40,43-44H,3-32,35-36,41-42H2,1-2H3. The van der Waals surface area contributed by atoms with Crippen molar-refractivity contribution in [2.45, 2.75) is 232 Å². The van der Waals surface area contributed by atoms with Crippen molar-refractivity contribution in [1.82, 2.24) is 0 Å². The summed E-state index contributed by atoms with van der Waals surface area (Å²) in [6.07, 6.45) is 41.6. The minimum absolute atomic E-state index is 0.175. The van der Waals surface area contributed by atoms with Crippen LogP contribution in [0.25, 0.3) is 0 Å². The summed E-state index contributed by atoms with van der Waals surface area (Å²) in [4.78, 5) is 24.9. The Hall–Kier alpha value is -2.62. The monoisotopic (exact) mass is 747 g/mol. The van der Waals surface area contributed by atoms with Crippen LogP contribution in [-0.2, 0) is 22.4 Å². The van der Waals surface area contributed by atoms with Gasteiger partial charge in [-0.05, 0) is 73.9 Å². The van der Waals surface area contributed by atoms with E-state index in [0.717, 1.165) is 38.5 Å². The summed E-state index contributed by atoms with van der Waals surface area (Å²) in [7, 11) is 0. The van der Waals surface area contributed by atoms with Crippen LogP contribution in [0.1, 0.15) is 230 Å². The van der Waals surface area contributed by atoms with E-state index in [4.69, 9.17) is 9.47 Å². The van der Waals surface area contributed by atoms with Crippen LogP contribution in [0, 0.1) is 0 Å². The summed E-state index contributed by atoms with van der Waals surface area (Å²) in [5.41, 5.74) is 2.49. The number of rotatable bonds is 37. The molecule has 0 atom stereocenters. The van der Waals surface area contributed by atoms with Gasteiger partial charge in [-0.3, -0.25) is 9.59 Å². The molecule has 0 saturated carbocycles. The van der Waals surface area contributed by atoms with Crippen molar-refractivity contribution in [1.29, 1.82) is 0 Å². The molecule has 0 aliphatic carbocycles. The summed E-state index contributed by atoms with van der Waals surface area (Å²) in [5, 5.41) is 0. The van der Waals surface area contributed by atoms with Gasteiger partial charge in [0, 0.05) is 12.8 Å². The van der Waals surface area contributed by atoms with Crippen LogP contribution in [-0.4, -0.2) is 11.9 Å². The van der Waals surface area contributed by atoms with Crippen LogP contribution >= 0.6 is 0 Å². The quantitative estimate of drug-likeness (QED) is 0.0392. The van der Waals surface area contributed by atoms with Gasteiger partial charge >= 0.3 is 11.9 Å².